The Labute approximate surface area is 146 Å². The summed E-state index contributed by atoms with van der Waals surface area (Å²) < 4.78 is 27.6. The molecule has 25 heavy (non-hydrogen) atoms. The summed E-state index contributed by atoms with van der Waals surface area (Å²) in [5.74, 6) is -0.925. The van der Waals surface area contributed by atoms with E-state index in [9.17, 15) is 13.6 Å². The zero-order chi connectivity index (χ0) is 17.6. The van der Waals surface area contributed by atoms with Crippen LogP contribution in [0.2, 0.25) is 0 Å². The van der Waals surface area contributed by atoms with Crippen LogP contribution in [-0.2, 0) is 7.05 Å². The van der Waals surface area contributed by atoms with Crippen molar-refractivity contribution in [3.05, 3.63) is 11.3 Å². The van der Waals surface area contributed by atoms with Crippen molar-refractivity contribution in [3.8, 4) is 0 Å². The summed E-state index contributed by atoms with van der Waals surface area (Å²) in [6.45, 7) is 0. The monoisotopic (exact) mass is 352 g/mol. The van der Waals surface area contributed by atoms with E-state index < -0.39 is 18.0 Å². The lowest BCUT2D eigenvalue weighted by molar-refractivity contribution is -0.0893. The molecule has 2 amide bonds. The van der Waals surface area contributed by atoms with Gasteiger partial charge in [-0.25, -0.2) is 13.6 Å². The predicted octanol–water partition coefficient (Wildman–Crippen LogP) is 4.26. The van der Waals surface area contributed by atoms with Crippen molar-refractivity contribution in [1.82, 2.24) is 15.1 Å². The van der Waals surface area contributed by atoms with Gasteiger partial charge in [-0.1, -0.05) is 19.3 Å². The number of alkyl halides is 2. The first-order chi connectivity index (χ1) is 11.9. The first-order valence-corrected chi connectivity index (χ1v) is 9.45. The van der Waals surface area contributed by atoms with Gasteiger partial charge in [0, 0.05) is 37.4 Å². The molecule has 7 heteroatoms. The maximum absolute atomic E-state index is 12.9. The molecule has 3 aliphatic rings. The summed E-state index contributed by atoms with van der Waals surface area (Å²) in [7, 11) is 1.85. The van der Waals surface area contributed by atoms with Gasteiger partial charge in [-0.2, -0.15) is 5.10 Å². The SMILES string of the molecule is Cn1nc(C2CCCC2)c(C2CCC2)c1NC(=O)NC1CC(F)(F)C1. The number of anilines is 1. The second-order valence-electron chi connectivity index (χ2n) is 7.94. The molecule has 1 heterocycles. The van der Waals surface area contributed by atoms with E-state index in [-0.39, 0.29) is 12.8 Å². The van der Waals surface area contributed by atoms with Crippen molar-refractivity contribution < 1.29 is 13.6 Å². The second-order valence-corrected chi connectivity index (χ2v) is 7.94. The molecule has 0 saturated heterocycles. The van der Waals surface area contributed by atoms with Crippen molar-refractivity contribution >= 4 is 11.8 Å². The fraction of sp³-hybridized carbons (Fsp3) is 0.778. The normalized spacial score (nSPS) is 24.0. The van der Waals surface area contributed by atoms with Gasteiger partial charge in [0.15, 0.2) is 0 Å². The average molecular weight is 352 g/mol. The van der Waals surface area contributed by atoms with E-state index in [2.05, 4.69) is 10.6 Å². The van der Waals surface area contributed by atoms with Gasteiger partial charge in [0.1, 0.15) is 5.82 Å². The van der Waals surface area contributed by atoms with E-state index in [1.165, 1.54) is 37.7 Å². The summed E-state index contributed by atoms with van der Waals surface area (Å²) in [6, 6.07) is -0.841. The molecule has 3 fully saturated rings. The first kappa shape index (κ1) is 16.8. The minimum Gasteiger partial charge on any atom is -0.335 e. The van der Waals surface area contributed by atoms with Crippen LogP contribution in [0.3, 0.4) is 0 Å². The smallest absolute Gasteiger partial charge is 0.320 e. The number of nitrogens with one attached hydrogen (secondary N) is 2. The number of aromatic nitrogens is 2. The van der Waals surface area contributed by atoms with Crippen molar-refractivity contribution in [2.75, 3.05) is 5.32 Å². The maximum Gasteiger partial charge on any atom is 0.320 e. The Morgan fingerprint density at radius 3 is 2.32 bits per heavy atom. The number of amides is 2. The first-order valence-electron chi connectivity index (χ1n) is 9.45. The Hall–Kier alpha value is -1.66. The van der Waals surface area contributed by atoms with Crippen LogP contribution < -0.4 is 10.6 Å². The average Bonchev–Trinajstić information content (AvgIpc) is 3.06. The van der Waals surface area contributed by atoms with Gasteiger partial charge < -0.3 is 5.32 Å². The fourth-order valence-electron chi connectivity index (χ4n) is 4.40. The highest BCUT2D eigenvalue weighted by Gasteiger charge is 2.46. The molecule has 1 aromatic rings. The molecule has 2 N–H and O–H groups in total. The van der Waals surface area contributed by atoms with Gasteiger partial charge in [0.05, 0.1) is 5.69 Å². The molecule has 0 aliphatic heterocycles. The van der Waals surface area contributed by atoms with Crippen LogP contribution in [0.1, 0.15) is 80.9 Å². The molecule has 3 aliphatic carbocycles. The van der Waals surface area contributed by atoms with Crippen LogP contribution in [-0.4, -0.2) is 27.8 Å². The van der Waals surface area contributed by atoms with Gasteiger partial charge in [-0.3, -0.25) is 10.00 Å². The lowest BCUT2D eigenvalue weighted by Crippen LogP contribution is -2.51. The van der Waals surface area contributed by atoms with Crippen molar-refractivity contribution in [1.29, 1.82) is 0 Å². The van der Waals surface area contributed by atoms with Gasteiger partial charge in [-0.15, -0.1) is 0 Å². The topological polar surface area (TPSA) is 59.0 Å². The van der Waals surface area contributed by atoms with E-state index in [4.69, 9.17) is 5.10 Å². The largest absolute Gasteiger partial charge is 0.335 e. The second kappa shape index (κ2) is 6.25. The molecule has 138 valence electrons. The number of hydrogen-bond acceptors (Lipinski definition) is 2. The van der Waals surface area contributed by atoms with Crippen LogP contribution in [0.4, 0.5) is 19.4 Å². The lowest BCUT2D eigenvalue weighted by Gasteiger charge is -2.35. The molecule has 1 aromatic heterocycles. The molecule has 0 radical (unpaired) electrons. The number of urea groups is 1. The quantitative estimate of drug-likeness (QED) is 0.850. The molecule has 0 atom stereocenters. The molecule has 0 aromatic carbocycles. The maximum atomic E-state index is 12.9. The molecule has 3 saturated carbocycles. The fourth-order valence-corrected chi connectivity index (χ4v) is 4.40. The molecule has 5 nitrogen and oxygen atoms in total. The lowest BCUT2D eigenvalue weighted by atomic mass is 9.78. The summed E-state index contributed by atoms with van der Waals surface area (Å²) in [5.41, 5.74) is 2.34. The van der Waals surface area contributed by atoms with Gasteiger partial charge in [0.25, 0.3) is 5.92 Å². The van der Waals surface area contributed by atoms with E-state index in [0.717, 1.165) is 24.4 Å². The van der Waals surface area contributed by atoms with E-state index in [1.54, 1.807) is 4.68 Å². The van der Waals surface area contributed by atoms with E-state index in [0.29, 0.717) is 11.8 Å². The van der Waals surface area contributed by atoms with Gasteiger partial charge >= 0.3 is 6.03 Å². The van der Waals surface area contributed by atoms with Gasteiger partial charge in [-0.05, 0) is 31.6 Å². The number of carbonyl (C=O) groups is 1. The zero-order valence-electron chi connectivity index (χ0n) is 14.7. The van der Waals surface area contributed by atoms with E-state index in [1.807, 2.05) is 7.05 Å². The summed E-state index contributed by atoms with van der Waals surface area (Å²) >= 11 is 0. The molecule has 0 spiro atoms. The third kappa shape index (κ3) is 3.25. The van der Waals surface area contributed by atoms with Crippen LogP contribution >= 0.6 is 0 Å². The third-order valence-corrected chi connectivity index (χ3v) is 6.02. The van der Waals surface area contributed by atoms with Crippen LogP contribution in [0.5, 0.6) is 0 Å². The zero-order valence-corrected chi connectivity index (χ0v) is 14.7. The Balaban J connectivity index is 1.51. The molecule has 0 unspecified atom stereocenters. The minimum atomic E-state index is -2.63. The van der Waals surface area contributed by atoms with Crippen molar-refractivity contribution in [2.24, 2.45) is 7.05 Å². The summed E-state index contributed by atoms with van der Waals surface area (Å²) in [5, 5.41) is 10.3. The Bertz CT molecular complexity index is 654. The minimum absolute atomic E-state index is 0.269. The van der Waals surface area contributed by atoms with E-state index >= 15 is 0 Å². The van der Waals surface area contributed by atoms with Crippen LogP contribution in [0.25, 0.3) is 0 Å². The van der Waals surface area contributed by atoms with Gasteiger partial charge in [0.2, 0.25) is 0 Å². The van der Waals surface area contributed by atoms with Crippen LogP contribution in [0.15, 0.2) is 0 Å². The number of nitrogens with zero attached hydrogens (tertiary/aromatic N) is 2. The Morgan fingerprint density at radius 1 is 1.12 bits per heavy atom. The Kier molecular flexibility index (Phi) is 4.20. The standard InChI is InChI=1S/C18H26F2N4O/c1-24-16(22-17(25)21-13-9-18(19,20)10-13)14(11-7-4-8-11)15(23-24)12-5-2-3-6-12/h11-13H,2-10H2,1H3,(H2,21,22,25). The Morgan fingerprint density at radius 2 is 1.76 bits per heavy atom. The van der Waals surface area contributed by atoms with Crippen LogP contribution in [0, 0.1) is 0 Å². The number of hydrogen-bond donors (Lipinski definition) is 2. The molecule has 0 bridgehead atoms. The predicted molar refractivity (Wildman–Crippen MR) is 91.1 cm³/mol. The highest BCUT2D eigenvalue weighted by atomic mass is 19.3. The summed E-state index contributed by atoms with van der Waals surface area (Å²) in [4.78, 5) is 12.3. The molecule has 4 rings (SSSR count). The number of rotatable bonds is 4. The highest BCUT2D eigenvalue weighted by Crippen LogP contribution is 2.46. The molecular formula is C18H26F2N4O. The van der Waals surface area contributed by atoms with Crippen molar-refractivity contribution in [2.45, 2.75) is 81.6 Å². The molecular weight excluding hydrogens is 326 g/mol. The highest BCUT2D eigenvalue weighted by molar-refractivity contribution is 5.89. The van der Waals surface area contributed by atoms with Crippen molar-refractivity contribution in [3.63, 3.8) is 0 Å². The number of carbonyl (C=O) groups excluding carboxylic acids is 1. The number of halogens is 2. The summed E-state index contributed by atoms with van der Waals surface area (Å²) in [6.07, 6.45) is 7.76. The third-order valence-electron chi connectivity index (χ3n) is 6.02. The number of aryl methyl sites for hydroxylation is 1.